The Hall–Kier alpha value is -3.80. The number of phenolic OH excluding ortho intramolecular Hbond substituents is 1. The summed E-state index contributed by atoms with van der Waals surface area (Å²) >= 11 is 0. The van der Waals surface area contributed by atoms with Gasteiger partial charge in [0.25, 0.3) is 5.91 Å². The van der Waals surface area contributed by atoms with Crippen LogP contribution < -0.4 is 16.4 Å². The average molecular weight is 347 g/mol. The van der Waals surface area contributed by atoms with E-state index in [2.05, 4.69) is 10.6 Å². The number of anilines is 2. The maximum atomic E-state index is 12.4. The zero-order valence-corrected chi connectivity index (χ0v) is 13.8. The molecule has 130 valence electrons. The first-order chi connectivity index (χ1) is 12.5. The van der Waals surface area contributed by atoms with Crippen molar-refractivity contribution in [1.29, 1.82) is 0 Å². The fourth-order valence-corrected chi connectivity index (χ4v) is 2.49. The number of benzene rings is 3. The second-order valence-corrected chi connectivity index (χ2v) is 5.62. The number of carbonyl (C=O) groups is 2. The molecule has 0 atom stereocenters. The lowest BCUT2D eigenvalue weighted by atomic mass is 10.0. The summed E-state index contributed by atoms with van der Waals surface area (Å²) in [5.41, 5.74) is 8.16. The zero-order chi connectivity index (χ0) is 18.5. The Balaban J connectivity index is 1.75. The largest absolute Gasteiger partial charge is 0.506 e. The summed E-state index contributed by atoms with van der Waals surface area (Å²) in [5, 5.41) is 14.7. The summed E-state index contributed by atoms with van der Waals surface area (Å²) in [6.45, 7) is 0. The van der Waals surface area contributed by atoms with Crippen molar-refractivity contribution in [3.8, 4) is 16.9 Å². The Morgan fingerprint density at radius 3 is 2.12 bits per heavy atom. The molecule has 0 spiro atoms. The number of hydrogen-bond donors (Lipinski definition) is 4. The van der Waals surface area contributed by atoms with Gasteiger partial charge in [0.15, 0.2) is 0 Å². The SMILES string of the molecule is NC(=O)Nc1cc(NC(=O)c2ccc(-c3ccccc3)cc2)ccc1O. The molecule has 6 nitrogen and oxygen atoms in total. The van der Waals surface area contributed by atoms with Crippen LogP contribution in [0.15, 0.2) is 72.8 Å². The molecular formula is C20H17N3O3. The van der Waals surface area contributed by atoms with E-state index >= 15 is 0 Å². The molecule has 0 aromatic heterocycles. The van der Waals surface area contributed by atoms with Gasteiger partial charge in [-0.2, -0.15) is 0 Å². The first kappa shape index (κ1) is 17.0. The van der Waals surface area contributed by atoms with Crippen LogP contribution in [-0.4, -0.2) is 17.0 Å². The molecule has 3 rings (SSSR count). The second kappa shape index (κ2) is 7.40. The molecular weight excluding hydrogens is 330 g/mol. The van der Waals surface area contributed by atoms with Crippen LogP contribution in [0.25, 0.3) is 11.1 Å². The molecule has 3 amide bonds. The summed E-state index contributed by atoms with van der Waals surface area (Å²) in [6, 6.07) is 20.6. The van der Waals surface area contributed by atoms with Crippen LogP contribution in [0.2, 0.25) is 0 Å². The molecule has 3 aromatic carbocycles. The van der Waals surface area contributed by atoms with Crippen LogP contribution in [0.5, 0.6) is 5.75 Å². The lowest BCUT2D eigenvalue weighted by Gasteiger charge is -2.10. The molecule has 0 bridgehead atoms. The number of carbonyl (C=O) groups excluding carboxylic acids is 2. The fraction of sp³-hybridized carbons (Fsp3) is 0. The van der Waals surface area contributed by atoms with Gasteiger partial charge in [-0.05, 0) is 41.5 Å². The third-order valence-electron chi connectivity index (χ3n) is 3.77. The van der Waals surface area contributed by atoms with Crippen molar-refractivity contribution in [3.63, 3.8) is 0 Å². The van der Waals surface area contributed by atoms with Gasteiger partial charge >= 0.3 is 6.03 Å². The Kier molecular flexibility index (Phi) is 4.85. The number of nitrogens with one attached hydrogen (secondary N) is 2. The van der Waals surface area contributed by atoms with E-state index in [1.54, 1.807) is 12.1 Å². The predicted molar refractivity (Wildman–Crippen MR) is 101 cm³/mol. The fourth-order valence-electron chi connectivity index (χ4n) is 2.49. The topological polar surface area (TPSA) is 104 Å². The molecule has 0 aliphatic rings. The van der Waals surface area contributed by atoms with Crippen LogP contribution >= 0.6 is 0 Å². The molecule has 0 aliphatic carbocycles. The lowest BCUT2D eigenvalue weighted by molar-refractivity contribution is 0.102. The molecule has 26 heavy (non-hydrogen) atoms. The van der Waals surface area contributed by atoms with Gasteiger partial charge in [-0.25, -0.2) is 4.79 Å². The highest BCUT2D eigenvalue weighted by Crippen LogP contribution is 2.27. The van der Waals surface area contributed by atoms with Gasteiger partial charge in [0.2, 0.25) is 0 Å². The van der Waals surface area contributed by atoms with E-state index in [1.165, 1.54) is 18.2 Å². The van der Waals surface area contributed by atoms with Crippen molar-refractivity contribution in [3.05, 3.63) is 78.4 Å². The van der Waals surface area contributed by atoms with Gasteiger partial charge in [0.1, 0.15) is 5.75 Å². The zero-order valence-electron chi connectivity index (χ0n) is 13.8. The first-order valence-electron chi connectivity index (χ1n) is 7.89. The highest BCUT2D eigenvalue weighted by Gasteiger charge is 2.09. The van der Waals surface area contributed by atoms with Crippen molar-refractivity contribution in [2.45, 2.75) is 0 Å². The predicted octanol–water partition coefficient (Wildman–Crippen LogP) is 3.80. The van der Waals surface area contributed by atoms with Crippen LogP contribution in [-0.2, 0) is 0 Å². The first-order valence-corrected chi connectivity index (χ1v) is 7.89. The number of urea groups is 1. The average Bonchev–Trinajstić information content (AvgIpc) is 2.65. The quantitative estimate of drug-likeness (QED) is 0.426. The monoisotopic (exact) mass is 347 g/mol. The molecule has 0 heterocycles. The van der Waals surface area contributed by atoms with Gasteiger partial charge < -0.3 is 21.5 Å². The van der Waals surface area contributed by atoms with Crippen LogP contribution in [0.3, 0.4) is 0 Å². The van der Waals surface area contributed by atoms with Gasteiger partial charge in [0, 0.05) is 11.3 Å². The number of phenols is 1. The maximum absolute atomic E-state index is 12.4. The van der Waals surface area contributed by atoms with Crippen LogP contribution in [0, 0.1) is 0 Å². The van der Waals surface area contributed by atoms with E-state index in [-0.39, 0.29) is 17.3 Å². The number of primary amides is 1. The molecule has 5 N–H and O–H groups in total. The summed E-state index contributed by atoms with van der Waals surface area (Å²) in [4.78, 5) is 23.3. The van der Waals surface area contributed by atoms with Gasteiger partial charge in [-0.15, -0.1) is 0 Å². The number of aromatic hydroxyl groups is 1. The van der Waals surface area contributed by atoms with E-state index in [0.717, 1.165) is 11.1 Å². The lowest BCUT2D eigenvalue weighted by Crippen LogP contribution is -2.19. The molecule has 0 fully saturated rings. The maximum Gasteiger partial charge on any atom is 0.316 e. The highest BCUT2D eigenvalue weighted by molar-refractivity contribution is 6.05. The summed E-state index contributed by atoms with van der Waals surface area (Å²) < 4.78 is 0. The van der Waals surface area contributed by atoms with E-state index in [9.17, 15) is 14.7 Å². The molecule has 0 aliphatic heterocycles. The van der Waals surface area contributed by atoms with E-state index in [1.807, 2.05) is 42.5 Å². The Morgan fingerprint density at radius 2 is 1.46 bits per heavy atom. The molecule has 0 saturated heterocycles. The Morgan fingerprint density at radius 1 is 0.808 bits per heavy atom. The van der Waals surface area contributed by atoms with Crippen molar-refractivity contribution >= 4 is 23.3 Å². The molecule has 6 heteroatoms. The van der Waals surface area contributed by atoms with Gasteiger partial charge in [0.05, 0.1) is 5.69 Å². The van der Waals surface area contributed by atoms with E-state index in [0.29, 0.717) is 11.3 Å². The van der Waals surface area contributed by atoms with Crippen molar-refractivity contribution < 1.29 is 14.7 Å². The Labute approximate surface area is 150 Å². The number of rotatable bonds is 4. The summed E-state index contributed by atoms with van der Waals surface area (Å²) in [6.07, 6.45) is 0. The molecule has 0 radical (unpaired) electrons. The normalized spacial score (nSPS) is 10.2. The molecule has 3 aromatic rings. The minimum atomic E-state index is -0.805. The number of hydrogen-bond acceptors (Lipinski definition) is 3. The molecule has 0 saturated carbocycles. The number of nitrogens with two attached hydrogens (primary N) is 1. The summed E-state index contributed by atoms with van der Waals surface area (Å²) in [5.74, 6) is -0.450. The Bertz CT molecular complexity index is 938. The molecule has 0 unspecified atom stereocenters. The van der Waals surface area contributed by atoms with Crippen molar-refractivity contribution in [2.75, 3.05) is 10.6 Å². The number of amides is 3. The summed E-state index contributed by atoms with van der Waals surface area (Å²) in [7, 11) is 0. The van der Waals surface area contributed by atoms with Gasteiger partial charge in [-0.3, -0.25) is 4.79 Å². The standard InChI is InChI=1S/C20H17N3O3/c21-20(26)23-17-12-16(10-11-18(17)24)22-19(25)15-8-6-14(7-9-15)13-4-2-1-3-5-13/h1-12,24H,(H,22,25)(H3,21,23,26). The smallest absolute Gasteiger partial charge is 0.316 e. The minimum absolute atomic E-state index is 0.120. The third-order valence-corrected chi connectivity index (χ3v) is 3.77. The minimum Gasteiger partial charge on any atom is -0.506 e. The van der Waals surface area contributed by atoms with E-state index < -0.39 is 6.03 Å². The van der Waals surface area contributed by atoms with Gasteiger partial charge in [-0.1, -0.05) is 42.5 Å². The van der Waals surface area contributed by atoms with Crippen LogP contribution in [0.4, 0.5) is 16.2 Å². The second-order valence-electron chi connectivity index (χ2n) is 5.62. The van der Waals surface area contributed by atoms with E-state index in [4.69, 9.17) is 5.73 Å². The third kappa shape index (κ3) is 3.99. The van der Waals surface area contributed by atoms with Crippen LogP contribution in [0.1, 0.15) is 10.4 Å². The van der Waals surface area contributed by atoms with Crippen molar-refractivity contribution in [1.82, 2.24) is 0 Å². The van der Waals surface area contributed by atoms with Crippen molar-refractivity contribution in [2.24, 2.45) is 5.73 Å². The highest BCUT2D eigenvalue weighted by atomic mass is 16.3.